The summed E-state index contributed by atoms with van der Waals surface area (Å²) in [4.78, 5) is 12.6. The quantitative estimate of drug-likeness (QED) is 0.509. The molecule has 27 heavy (non-hydrogen) atoms. The Labute approximate surface area is 166 Å². The highest BCUT2D eigenvalue weighted by atomic mass is 32.2. The molecule has 0 aliphatic heterocycles. The Morgan fingerprint density at radius 1 is 1.30 bits per heavy atom. The first kappa shape index (κ1) is 21.6. The second-order valence-electron chi connectivity index (χ2n) is 6.25. The van der Waals surface area contributed by atoms with Crippen LogP contribution < -0.4 is 9.62 Å². The number of halogens is 1. The molecule has 0 saturated carbocycles. The van der Waals surface area contributed by atoms with Gasteiger partial charge in [-0.25, -0.2) is 12.8 Å². The molecule has 0 fully saturated rings. The Balaban J connectivity index is 2.17. The third-order valence-corrected chi connectivity index (χ3v) is 6.98. The number of amides is 1. The summed E-state index contributed by atoms with van der Waals surface area (Å²) in [5.74, 6) is 0.000790. The molecule has 1 aromatic heterocycles. The summed E-state index contributed by atoms with van der Waals surface area (Å²) in [7, 11) is -3.89. The first-order chi connectivity index (χ1) is 12.6. The van der Waals surface area contributed by atoms with Crippen molar-refractivity contribution in [1.29, 1.82) is 0 Å². The van der Waals surface area contributed by atoms with E-state index in [4.69, 9.17) is 0 Å². The van der Waals surface area contributed by atoms with Crippen LogP contribution in [-0.4, -0.2) is 42.6 Å². The van der Waals surface area contributed by atoms with Crippen molar-refractivity contribution in [3.05, 3.63) is 30.1 Å². The van der Waals surface area contributed by atoms with Crippen LogP contribution in [-0.2, 0) is 14.8 Å². The van der Waals surface area contributed by atoms with Gasteiger partial charge in [-0.15, -0.1) is 10.2 Å². The number of carbonyl (C=O) groups is 1. The van der Waals surface area contributed by atoms with Gasteiger partial charge < -0.3 is 0 Å². The summed E-state index contributed by atoms with van der Waals surface area (Å²) in [6, 6.07) is 4.23. The molecule has 0 bridgehead atoms. The van der Waals surface area contributed by atoms with Crippen molar-refractivity contribution in [2.24, 2.45) is 5.92 Å². The summed E-state index contributed by atoms with van der Waals surface area (Å²) in [6.45, 7) is 5.56. The maximum Gasteiger partial charge on any atom is 0.249 e. The van der Waals surface area contributed by atoms with Crippen LogP contribution in [0.25, 0.3) is 0 Å². The lowest BCUT2D eigenvalue weighted by molar-refractivity contribution is -0.116. The fraction of sp³-hybridized carbons (Fsp3) is 0.438. The zero-order valence-corrected chi connectivity index (χ0v) is 17.8. The molecule has 1 atom stereocenters. The van der Waals surface area contributed by atoms with Gasteiger partial charge in [0.05, 0.1) is 11.9 Å². The van der Waals surface area contributed by atoms with E-state index in [1.54, 1.807) is 0 Å². The van der Waals surface area contributed by atoms with Crippen molar-refractivity contribution in [2.45, 2.75) is 31.2 Å². The highest BCUT2D eigenvalue weighted by Gasteiger charge is 2.31. The molecular weight excluding hydrogens is 411 g/mol. The highest BCUT2D eigenvalue weighted by Crippen LogP contribution is 2.28. The number of para-hydroxylation sites is 1. The zero-order chi connectivity index (χ0) is 20.2. The Bertz CT molecular complexity index is 902. The Morgan fingerprint density at radius 3 is 2.56 bits per heavy atom. The Hall–Kier alpha value is -1.72. The monoisotopic (exact) mass is 432 g/mol. The first-order valence-electron chi connectivity index (χ1n) is 8.10. The zero-order valence-electron chi connectivity index (χ0n) is 15.3. The van der Waals surface area contributed by atoms with Crippen molar-refractivity contribution in [3.63, 3.8) is 0 Å². The molecule has 1 N–H and O–H groups in total. The molecule has 2 aromatic rings. The van der Waals surface area contributed by atoms with Gasteiger partial charge in [-0.2, -0.15) is 0 Å². The highest BCUT2D eigenvalue weighted by molar-refractivity contribution is 8.01. The standard InChI is InChI=1S/C16H21FN4O3S3/c1-10(2)9-25-16-20-19-15(26-16)18-14(22)11(3)21(27(4,23)24)13-8-6-5-7-12(13)17/h5-8,10-11H,9H2,1-4H3,(H,18,19,22)/t11-/m1/s1. The number of aromatic nitrogens is 2. The molecule has 0 saturated heterocycles. The van der Waals surface area contributed by atoms with Crippen LogP contribution in [0.15, 0.2) is 28.6 Å². The number of thioether (sulfide) groups is 1. The van der Waals surface area contributed by atoms with Crippen LogP contribution in [0.3, 0.4) is 0 Å². The molecule has 0 radical (unpaired) electrons. The minimum Gasteiger partial charge on any atom is -0.299 e. The van der Waals surface area contributed by atoms with E-state index in [0.717, 1.165) is 22.4 Å². The predicted molar refractivity (Wildman–Crippen MR) is 107 cm³/mol. The molecule has 148 valence electrons. The summed E-state index contributed by atoms with van der Waals surface area (Å²) >= 11 is 2.74. The molecule has 1 amide bonds. The van der Waals surface area contributed by atoms with Gasteiger partial charge in [0.1, 0.15) is 11.9 Å². The minimum atomic E-state index is -3.89. The van der Waals surface area contributed by atoms with Crippen molar-refractivity contribution >= 4 is 49.8 Å². The van der Waals surface area contributed by atoms with E-state index in [9.17, 15) is 17.6 Å². The fourth-order valence-corrected chi connectivity index (χ4v) is 5.08. The number of hydrogen-bond donors (Lipinski definition) is 1. The van der Waals surface area contributed by atoms with Crippen LogP contribution in [0.4, 0.5) is 15.2 Å². The van der Waals surface area contributed by atoms with Crippen LogP contribution in [0.1, 0.15) is 20.8 Å². The third kappa shape index (κ3) is 5.88. The smallest absolute Gasteiger partial charge is 0.249 e. The second-order valence-corrected chi connectivity index (χ2v) is 10.4. The van der Waals surface area contributed by atoms with E-state index in [1.165, 1.54) is 48.2 Å². The topological polar surface area (TPSA) is 92.3 Å². The van der Waals surface area contributed by atoms with Gasteiger partial charge in [0.25, 0.3) is 0 Å². The van der Waals surface area contributed by atoms with Crippen molar-refractivity contribution in [2.75, 3.05) is 21.6 Å². The van der Waals surface area contributed by atoms with Crippen LogP contribution in [0.5, 0.6) is 0 Å². The van der Waals surface area contributed by atoms with E-state index < -0.39 is 27.8 Å². The lowest BCUT2D eigenvalue weighted by Crippen LogP contribution is -2.45. The lowest BCUT2D eigenvalue weighted by Gasteiger charge is -2.28. The number of benzene rings is 1. The van der Waals surface area contributed by atoms with Gasteiger partial charge in [-0.3, -0.25) is 14.4 Å². The molecule has 1 heterocycles. The van der Waals surface area contributed by atoms with E-state index in [0.29, 0.717) is 10.3 Å². The van der Waals surface area contributed by atoms with Gasteiger partial charge >= 0.3 is 0 Å². The summed E-state index contributed by atoms with van der Waals surface area (Å²) < 4.78 is 40.0. The molecule has 0 spiro atoms. The molecule has 2 rings (SSSR count). The molecule has 0 unspecified atom stereocenters. The average Bonchev–Trinajstić information content (AvgIpc) is 3.01. The Kier molecular flexibility index (Phi) is 7.18. The predicted octanol–water partition coefficient (Wildman–Crippen LogP) is 3.22. The van der Waals surface area contributed by atoms with Gasteiger partial charge in [-0.1, -0.05) is 49.1 Å². The lowest BCUT2D eigenvalue weighted by atomic mass is 10.2. The summed E-state index contributed by atoms with van der Waals surface area (Å²) in [6.07, 6.45) is 0.925. The normalized spacial score (nSPS) is 12.8. The van der Waals surface area contributed by atoms with Gasteiger partial charge in [0.15, 0.2) is 4.34 Å². The fourth-order valence-electron chi connectivity index (χ4n) is 2.18. The van der Waals surface area contributed by atoms with Gasteiger partial charge in [-0.05, 0) is 25.0 Å². The first-order valence-corrected chi connectivity index (χ1v) is 11.8. The van der Waals surface area contributed by atoms with Crippen LogP contribution in [0.2, 0.25) is 0 Å². The number of sulfonamides is 1. The van der Waals surface area contributed by atoms with Crippen molar-refractivity contribution in [3.8, 4) is 0 Å². The maximum absolute atomic E-state index is 14.1. The largest absolute Gasteiger partial charge is 0.299 e. The van der Waals surface area contributed by atoms with Crippen LogP contribution in [0, 0.1) is 11.7 Å². The number of nitrogens with zero attached hydrogens (tertiary/aromatic N) is 3. The molecule has 1 aromatic carbocycles. The number of nitrogens with one attached hydrogen (secondary N) is 1. The SMILES string of the molecule is CC(C)CSc1nnc(NC(=O)[C@@H](C)N(c2ccccc2F)S(C)(=O)=O)s1. The van der Waals surface area contributed by atoms with Gasteiger partial charge in [0, 0.05) is 5.75 Å². The van der Waals surface area contributed by atoms with E-state index in [-0.39, 0.29) is 10.8 Å². The second kappa shape index (κ2) is 8.98. The number of hydrogen-bond acceptors (Lipinski definition) is 7. The molecular formula is C16H21FN4O3S3. The molecule has 7 nitrogen and oxygen atoms in total. The average molecular weight is 433 g/mol. The third-order valence-electron chi connectivity index (χ3n) is 3.36. The molecule has 11 heteroatoms. The molecule has 0 aliphatic rings. The van der Waals surface area contributed by atoms with Crippen molar-refractivity contribution in [1.82, 2.24) is 10.2 Å². The maximum atomic E-state index is 14.1. The van der Waals surface area contributed by atoms with Gasteiger partial charge in [0.2, 0.25) is 21.1 Å². The number of anilines is 2. The van der Waals surface area contributed by atoms with E-state index >= 15 is 0 Å². The van der Waals surface area contributed by atoms with E-state index in [1.807, 2.05) is 0 Å². The molecule has 0 aliphatic carbocycles. The number of carbonyl (C=O) groups excluding carboxylic acids is 1. The summed E-state index contributed by atoms with van der Waals surface area (Å²) in [5.41, 5.74) is -0.187. The van der Waals surface area contributed by atoms with Crippen molar-refractivity contribution < 1.29 is 17.6 Å². The minimum absolute atomic E-state index is 0.187. The van der Waals surface area contributed by atoms with E-state index in [2.05, 4.69) is 29.4 Å². The van der Waals surface area contributed by atoms with Crippen LogP contribution >= 0.6 is 23.1 Å². The Morgan fingerprint density at radius 2 is 1.96 bits per heavy atom. The summed E-state index contributed by atoms with van der Waals surface area (Å²) in [5, 5.41) is 10.7. The number of rotatable bonds is 8.